The molecule has 1 saturated heterocycles. The molecule has 1 atom stereocenters. The number of para-hydroxylation sites is 1. The van der Waals surface area contributed by atoms with E-state index in [4.69, 9.17) is 5.73 Å². The molecule has 0 radical (unpaired) electrons. The number of carbonyl (C=O) groups is 2. The highest BCUT2D eigenvalue weighted by molar-refractivity contribution is 6.03. The molecule has 5 heteroatoms. The Bertz CT molecular complexity index is 786. The van der Waals surface area contributed by atoms with Crippen molar-refractivity contribution in [3.05, 3.63) is 65.2 Å². The van der Waals surface area contributed by atoms with Crippen molar-refractivity contribution in [2.24, 2.45) is 11.7 Å². The summed E-state index contributed by atoms with van der Waals surface area (Å²) in [5.74, 6) is -0.673. The Morgan fingerprint density at radius 3 is 2.62 bits per heavy atom. The summed E-state index contributed by atoms with van der Waals surface area (Å²) in [5.41, 5.74) is 8.72. The summed E-state index contributed by atoms with van der Waals surface area (Å²) in [7, 11) is 0. The van der Waals surface area contributed by atoms with E-state index in [0.29, 0.717) is 11.3 Å². The number of nitrogens with one attached hydrogen (secondary N) is 1. The first-order valence-electron chi connectivity index (χ1n) is 9.00. The lowest BCUT2D eigenvalue weighted by Crippen LogP contribution is -2.40. The van der Waals surface area contributed by atoms with Gasteiger partial charge >= 0.3 is 0 Å². The molecule has 3 N–H and O–H groups in total. The van der Waals surface area contributed by atoms with Gasteiger partial charge in [-0.3, -0.25) is 14.5 Å². The smallest absolute Gasteiger partial charge is 0.250 e. The fourth-order valence-corrected chi connectivity index (χ4v) is 3.41. The molecule has 26 heavy (non-hydrogen) atoms. The Balaban J connectivity index is 1.63. The molecule has 2 aromatic carbocycles. The maximum absolute atomic E-state index is 12.7. The molecule has 0 aliphatic carbocycles. The average molecular weight is 351 g/mol. The van der Waals surface area contributed by atoms with E-state index in [9.17, 15) is 9.59 Å². The number of nitrogens with zero attached hydrogens (tertiary/aromatic N) is 1. The van der Waals surface area contributed by atoms with Crippen LogP contribution in [0.15, 0.2) is 48.5 Å². The Kier molecular flexibility index (Phi) is 5.68. The predicted octanol–water partition coefficient (Wildman–Crippen LogP) is 2.94. The molecule has 1 unspecified atom stereocenters. The number of nitrogens with two attached hydrogens (primary N) is 1. The lowest BCUT2D eigenvalue weighted by molar-refractivity contribution is -0.121. The number of hydrogen-bond acceptors (Lipinski definition) is 3. The fourth-order valence-electron chi connectivity index (χ4n) is 3.41. The van der Waals surface area contributed by atoms with Crippen LogP contribution in [0.3, 0.4) is 0 Å². The van der Waals surface area contributed by atoms with E-state index < -0.39 is 5.91 Å². The van der Waals surface area contributed by atoms with Gasteiger partial charge in [-0.05, 0) is 44.0 Å². The summed E-state index contributed by atoms with van der Waals surface area (Å²) in [4.78, 5) is 26.5. The number of amides is 2. The third kappa shape index (κ3) is 4.49. The van der Waals surface area contributed by atoms with Gasteiger partial charge in [0.25, 0.3) is 5.91 Å². The van der Waals surface area contributed by atoms with Gasteiger partial charge in [-0.15, -0.1) is 0 Å². The van der Waals surface area contributed by atoms with E-state index in [2.05, 4.69) is 41.4 Å². The zero-order chi connectivity index (χ0) is 18.5. The molecule has 1 heterocycles. The minimum atomic E-state index is -0.537. The van der Waals surface area contributed by atoms with Gasteiger partial charge in [0.15, 0.2) is 0 Å². The highest BCUT2D eigenvalue weighted by Crippen LogP contribution is 2.22. The van der Waals surface area contributed by atoms with E-state index in [1.807, 2.05) is 0 Å². The minimum Gasteiger partial charge on any atom is -0.366 e. The van der Waals surface area contributed by atoms with Crippen molar-refractivity contribution >= 4 is 17.5 Å². The molecule has 5 nitrogen and oxygen atoms in total. The second-order valence-electron chi connectivity index (χ2n) is 6.96. The molecule has 0 spiro atoms. The van der Waals surface area contributed by atoms with E-state index in [1.165, 1.54) is 11.1 Å². The normalized spacial score (nSPS) is 17.7. The standard InChI is InChI=1S/C21H25N3O2/c1-15-8-10-16(11-9-15)13-24-12-4-5-17(14-24)21(26)23-19-7-3-2-6-18(19)20(22)25/h2-3,6-11,17H,4-5,12-14H2,1H3,(H2,22,25)(H,23,26). The van der Waals surface area contributed by atoms with Crippen molar-refractivity contribution in [2.45, 2.75) is 26.3 Å². The van der Waals surface area contributed by atoms with Crippen LogP contribution in [0, 0.1) is 12.8 Å². The predicted molar refractivity (Wildman–Crippen MR) is 103 cm³/mol. The quantitative estimate of drug-likeness (QED) is 0.870. The molecule has 2 amide bonds. The van der Waals surface area contributed by atoms with Crippen LogP contribution in [0.2, 0.25) is 0 Å². The number of hydrogen-bond donors (Lipinski definition) is 2. The first-order valence-corrected chi connectivity index (χ1v) is 9.00. The molecule has 1 aliphatic rings. The molecular weight excluding hydrogens is 326 g/mol. The van der Waals surface area contributed by atoms with Gasteiger partial charge in [0.2, 0.25) is 5.91 Å². The first kappa shape index (κ1) is 18.1. The number of aryl methyl sites for hydroxylation is 1. The Morgan fingerprint density at radius 2 is 1.88 bits per heavy atom. The van der Waals surface area contributed by atoms with Crippen LogP contribution >= 0.6 is 0 Å². The third-order valence-corrected chi connectivity index (χ3v) is 4.85. The Labute approximate surface area is 154 Å². The molecular formula is C21H25N3O2. The summed E-state index contributed by atoms with van der Waals surface area (Å²) in [6, 6.07) is 15.4. The maximum atomic E-state index is 12.7. The van der Waals surface area contributed by atoms with Crippen molar-refractivity contribution < 1.29 is 9.59 Å². The van der Waals surface area contributed by atoms with Crippen LogP contribution in [0.25, 0.3) is 0 Å². The number of anilines is 1. The Hall–Kier alpha value is -2.66. The summed E-state index contributed by atoms with van der Waals surface area (Å²) in [5, 5.41) is 2.89. The van der Waals surface area contributed by atoms with Crippen LogP contribution in [0.4, 0.5) is 5.69 Å². The first-order chi connectivity index (χ1) is 12.5. The monoisotopic (exact) mass is 351 g/mol. The van der Waals surface area contributed by atoms with Crippen LogP contribution < -0.4 is 11.1 Å². The van der Waals surface area contributed by atoms with Crippen LogP contribution in [-0.4, -0.2) is 29.8 Å². The summed E-state index contributed by atoms with van der Waals surface area (Å²) in [6.45, 7) is 4.64. The van der Waals surface area contributed by atoms with Crippen molar-refractivity contribution in [3.63, 3.8) is 0 Å². The minimum absolute atomic E-state index is 0.0488. The van der Waals surface area contributed by atoms with Crippen molar-refractivity contribution in [1.82, 2.24) is 4.90 Å². The maximum Gasteiger partial charge on any atom is 0.250 e. The number of primary amides is 1. The van der Waals surface area contributed by atoms with E-state index in [-0.39, 0.29) is 11.8 Å². The zero-order valence-electron chi connectivity index (χ0n) is 15.1. The van der Waals surface area contributed by atoms with Gasteiger partial charge in [0, 0.05) is 13.1 Å². The molecule has 0 aromatic heterocycles. The largest absolute Gasteiger partial charge is 0.366 e. The lowest BCUT2D eigenvalue weighted by Gasteiger charge is -2.32. The number of rotatable bonds is 5. The van der Waals surface area contributed by atoms with Crippen molar-refractivity contribution in [3.8, 4) is 0 Å². The summed E-state index contributed by atoms with van der Waals surface area (Å²) in [6.07, 6.45) is 1.84. The molecule has 1 fully saturated rings. The molecule has 0 saturated carbocycles. The fraction of sp³-hybridized carbons (Fsp3) is 0.333. The Morgan fingerprint density at radius 1 is 1.15 bits per heavy atom. The number of carbonyl (C=O) groups excluding carboxylic acids is 2. The topological polar surface area (TPSA) is 75.4 Å². The van der Waals surface area contributed by atoms with Gasteiger partial charge in [-0.25, -0.2) is 0 Å². The zero-order valence-corrected chi connectivity index (χ0v) is 15.1. The van der Waals surface area contributed by atoms with Crippen molar-refractivity contribution in [1.29, 1.82) is 0 Å². The number of likely N-dealkylation sites (tertiary alicyclic amines) is 1. The second-order valence-corrected chi connectivity index (χ2v) is 6.96. The highest BCUT2D eigenvalue weighted by atomic mass is 16.2. The molecule has 0 bridgehead atoms. The van der Waals surface area contributed by atoms with Crippen LogP contribution in [0.1, 0.15) is 34.3 Å². The highest BCUT2D eigenvalue weighted by Gasteiger charge is 2.26. The van der Waals surface area contributed by atoms with Gasteiger partial charge in [-0.2, -0.15) is 0 Å². The molecule has 3 rings (SSSR count). The summed E-state index contributed by atoms with van der Waals surface area (Å²) >= 11 is 0. The molecule has 136 valence electrons. The van der Waals surface area contributed by atoms with Gasteiger partial charge in [0.05, 0.1) is 17.2 Å². The van der Waals surface area contributed by atoms with Crippen LogP contribution in [-0.2, 0) is 11.3 Å². The van der Waals surface area contributed by atoms with Gasteiger partial charge in [-0.1, -0.05) is 42.0 Å². The van der Waals surface area contributed by atoms with Crippen molar-refractivity contribution in [2.75, 3.05) is 18.4 Å². The summed E-state index contributed by atoms with van der Waals surface area (Å²) < 4.78 is 0. The SMILES string of the molecule is Cc1ccc(CN2CCCC(C(=O)Nc3ccccc3C(N)=O)C2)cc1. The third-order valence-electron chi connectivity index (χ3n) is 4.85. The van der Waals surface area contributed by atoms with Gasteiger partial charge < -0.3 is 11.1 Å². The molecule has 2 aromatic rings. The average Bonchev–Trinajstić information content (AvgIpc) is 2.64. The van der Waals surface area contributed by atoms with Gasteiger partial charge in [0.1, 0.15) is 0 Å². The second kappa shape index (κ2) is 8.15. The van der Waals surface area contributed by atoms with E-state index >= 15 is 0 Å². The molecule has 1 aliphatic heterocycles. The van der Waals surface area contributed by atoms with Crippen LogP contribution in [0.5, 0.6) is 0 Å². The van der Waals surface area contributed by atoms with E-state index in [0.717, 1.165) is 32.5 Å². The number of benzene rings is 2. The van der Waals surface area contributed by atoms with E-state index in [1.54, 1.807) is 24.3 Å². The number of piperidine rings is 1. The lowest BCUT2D eigenvalue weighted by atomic mass is 9.96.